The van der Waals surface area contributed by atoms with E-state index in [9.17, 15) is 4.79 Å². The summed E-state index contributed by atoms with van der Waals surface area (Å²) < 4.78 is 0. The van der Waals surface area contributed by atoms with Crippen LogP contribution in [0.25, 0.3) is 0 Å². The highest BCUT2D eigenvalue weighted by Crippen LogP contribution is 2.35. The molecule has 0 aliphatic carbocycles. The van der Waals surface area contributed by atoms with Crippen molar-refractivity contribution in [3.63, 3.8) is 0 Å². The van der Waals surface area contributed by atoms with Crippen LogP contribution in [-0.2, 0) is 4.79 Å². The highest BCUT2D eigenvalue weighted by Gasteiger charge is 2.27. The first-order valence-corrected chi connectivity index (χ1v) is 7.58. The third-order valence-electron chi connectivity index (χ3n) is 3.65. The number of fused-ring (bicyclic) bond motifs is 1. The molecule has 0 spiro atoms. The Morgan fingerprint density at radius 1 is 1.32 bits per heavy atom. The lowest BCUT2D eigenvalue weighted by atomic mass is 10.0. The lowest BCUT2D eigenvalue weighted by Crippen LogP contribution is -2.42. The van der Waals surface area contributed by atoms with Crippen LogP contribution in [0.3, 0.4) is 0 Å². The van der Waals surface area contributed by atoms with E-state index >= 15 is 0 Å². The molecule has 2 atom stereocenters. The van der Waals surface area contributed by atoms with Crippen molar-refractivity contribution in [1.82, 2.24) is 10.6 Å². The quantitative estimate of drug-likeness (QED) is 0.881. The predicted molar refractivity (Wildman–Crippen MR) is 80.9 cm³/mol. The maximum absolute atomic E-state index is 12.1. The number of carbonyl (C=O) groups is 1. The Kier molecular flexibility index (Phi) is 5.13. The Morgan fingerprint density at radius 2 is 2.16 bits per heavy atom. The van der Waals surface area contributed by atoms with Gasteiger partial charge in [0.2, 0.25) is 5.91 Å². The molecular weight excluding hydrogens is 280 g/mol. The number of halogens is 1. The summed E-state index contributed by atoms with van der Waals surface area (Å²) in [5.41, 5.74) is 1.28. The number of hydrogen-bond donors (Lipinski definition) is 2. The van der Waals surface area contributed by atoms with E-state index in [1.807, 2.05) is 11.8 Å². The van der Waals surface area contributed by atoms with Crippen molar-refractivity contribution in [3.8, 4) is 0 Å². The second kappa shape index (κ2) is 6.64. The lowest BCUT2D eigenvalue weighted by Gasteiger charge is -2.27. The monoisotopic (exact) mass is 298 g/mol. The molecule has 104 valence electrons. The smallest absolute Gasteiger partial charge is 0.237 e. The summed E-state index contributed by atoms with van der Waals surface area (Å²) in [6.45, 7) is 0.967. The van der Waals surface area contributed by atoms with Crippen molar-refractivity contribution in [2.45, 2.75) is 36.2 Å². The molecule has 2 heterocycles. The Bertz CT molecular complexity index is 449. The summed E-state index contributed by atoms with van der Waals surface area (Å²) in [5, 5.41) is 6.45. The molecule has 3 nitrogen and oxygen atoms in total. The fraction of sp³-hybridized carbons (Fsp3) is 0.500. The van der Waals surface area contributed by atoms with Gasteiger partial charge < -0.3 is 10.6 Å². The van der Waals surface area contributed by atoms with Gasteiger partial charge in [-0.25, -0.2) is 0 Å². The van der Waals surface area contributed by atoms with Gasteiger partial charge in [-0.1, -0.05) is 18.2 Å². The summed E-state index contributed by atoms with van der Waals surface area (Å²) in [7, 11) is 0. The van der Waals surface area contributed by atoms with Gasteiger partial charge >= 0.3 is 0 Å². The highest BCUT2D eigenvalue weighted by atomic mass is 35.5. The first-order chi connectivity index (χ1) is 8.84. The van der Waals surface area contributed by atoms with E-state index in [0.29, 0.717) is 0 Å². The number of thioether (sulfide) groups is 1. The van der Waals surface area contributed by atoms with Crippen LogP contribution in [0, 0.1) is 0 Å². The van der Waals surface area contributed by atoms with E-state index in [1.54, 1.807) is 0 Å². The minimum atomic E-state index is 0. The standard InChI is InChI=1S/C14H18N2OS.ClH/c17-14(12-5-3-8-15-12)16-11-7-9-18-13-6-2-1-4-10(11)13;/h1-2,4,6,11-12,15H,3,5,7-9H2,(H,16,17);1H/t11?,12-;/m0./s1. The van der Waals surface area contributed by atoms with Gasteiger partial charge in [-0.3, -0.25) is 4.79 Å². The molecule has 1 fully saturated rings. The first kappa shape index (κ1) is 14.7. The summed E-state index contributed by atoms with van der Waals surface area (Å²) >= 11 is 1.88. The van der Waals surface area contributed by atoms with Crippen molar-refractivity contribution in [1.29, 1.82) is 0 Å². The molecule has 0 saturated carbocycles. The minimum Gasteiger partial charge on any atom is -0.348 e. The molecule has 1 unspecified atom stereocenters. The van der Waals surface area contributed by atoms with Crippen molar-refractivity contribution in [3.05, 3.63) is 29.8 Å². The average Bonchev–Trinajstić information content (AvgIpc) is 2.93. The number of rotatable bonds is 2. The molecule has 0 radical (unpaired) electrons. The normalized spacial score (nSPS) is 25.3. The number of carbonyl (C=O) groups excluding carboxylic acids is 1. The van der Waals surface area contributed by atoms with Crippen molar-refractivity contribution in [2.24, 2.45) is 0 Å². The van der Waals surface area contributed by atoms with Gasteiger partial charge in [0.1, 0.15) is 0 Å². The number of amides is 1. The largest absolute Gasteiger partial charge is 0.348 e. The van der Waals surface area contributed by atoms with E-state index in [1.165, 1.54) is 10.5 Å². The van der Waals surface area contributed by atoms with Crippen LogP contribution < -0.4 is 10.6 Å². The first-order valence-electron chi connectivity index (χ1n) is 6.60. The third kappa shape index (κ3) is 3.25. The van der Waals surface area contributed by atoms with Crippen LogP contribution in [0.2, 0.25) is 0 Å². The Balaban J connectivity index is 0.00000133. The molecule has 0 bridgehead atoms. The number of benzene rings is 1. The van der Waals surface area contributed by atoms with E-state index in [-0.39, 0.29) is 30.4 Å². The van der Waals surface area contributed by atoms with Gasteiger partial charge in [0.25, 0.3) is 0 Å². The number of nitrogens with one attached hydrogen (secondary N) is 2. The molecule has 5 heteroatoms. The summed E-state index contributed by atoms with van der Waals surface area (Å²) in [6, 6.07) is 8.61. The molecule has 1 aromatic carbocycles. The SMILES string of the molecule is Cl.O=C(NC1CCSc2ccccc21)[C@@H]1CCCN1. The second-order valence-corrected chi connectivity index (χ2v) is 6.02. The molecule has 1 amide bonds. The average molecular weight is 299 g/mol. The molecule has 0 aromatic heterocycles. The van der Waals surface area contributed by atoms with E-state index < -0.39 is 0 Å². The topological polar surface area (TPSA) is 41.1 Å². The molecule has 2 aliphatic heterocycles. The Labute approximate surface area is 124 Å². The molecule has 1 saturated heterocycles. The maximum Gasteiger partial charge on any atom is 0.237 e. The summed E-state index contributed by atoms with van der Waals surface area (Å²) in [5.74, 6) is 1.25. The van der Waals surface area contributed by atoms with Crippen LogP contribution in [0.5, 0.6) is 0 Å². The zero-order valence-corrected chi connectivity index (χ0v) is 12.4. The van der Waals surface area contributed by atoms with Crippen molar-refractivity contribution < 1.29 is 4.79 Å². The summed E-state index contributed by atoms with van der Waals surface area (Å²) in [4.78, 5) is 13.5. The van der Waals surface area contributed by atoms with Gasteiger partial charge in [-0.2, -0.15) is 0 Å². The minimum absolute atomic E-state index is 0. The van der Waals surface area contributed by atoms with Gasteiger partial charge in [-0.15, -0.1) is 24.2 Å². The van der Waals surface area contributed by atoms with Gasteiger partial charge in [0.05, 0.1) is 12.1 Å². The van der Waals surface area contributed by atoms with Crippen LogP contribution >= 0.6 is 24.2 Å². The molecule has 3 rings (SSSR count). The molecule has 19 heavy (non-hydrogen) atoms. The van der Waals surface area contributed by atoms with Crippen molar-refractivity contribution >= 4 is 30.1 Å². The molecule has 2 N–H and O–H groups in total. The van der Waals surface area contributed by atoms with Gasteiger partial charge in [-0.05, 0) is 37.4 Å². The fourth-order valence-corrected chi connectivity index (χ4v) is 3.80. The second-order valence-electron chi connectivity index (χ2n) is 4.89. The Hall–Kier alpha value is -0.710. The van der Waals surface area contributed by atoms with Gasteiger partial charge in [0.15, 0.2) is 0 Å². The third-order valence-corrected chi connectivity index (χ3v) is 4.77. The van der Waals surface area contributed by atoms with Crippen LogP contribution in [0.15, 0.2) is 29.2 Å². The molecule has 2 aliphatic rings. The molecular formula is C14H19ClN2OS. The maximum atomic E-state index is 12.1. The van der Waals surface area contributed by atoms with Gasteiger partial charge in [0, 0.05) is 10.6 Å². The molecule has 1 aromatic rings. The van der Waals surface area contributed by atoms with E-state index in [4.69, 9.17) is 0 Å². The van der Waals surface area contributed by atoms with Crippen LogP contribution in [-0.4, -0.2) is 24.2 Å². The predicted octanol–water partition coefficient (Wildman–Crippen LogP) is 2.51. The summed E-state index contributed by atoms with van der Waals surface area (Å²) in [6.07, 6.45) is 3.10. The van der Waals surface area contributed by atoms with E-state index in [0.717, 1.165) is 31.6 Å². The van der Waals surface area contributed by atoms with Crippen molar-refractivity contribution in [2.75, 3.05) is 12.3 Å². The highest BCUT2D eigenvalue weighted by molar-refractivity contribution is 7.99. The zero-order chi connectivity index (χ0) is 12.4. The Morgan fingerprint density at radius 3 is 2.95 bits per heavy atom. The van der Waals surface area contributed by atoms with Crippen LogP contribution in [0.1, 0.15) is 30.9 Å². The van der Waals surface area contributed by atoms with E-state index in [2.05, 4.69) is 34.9 Å². The lowest BCUT2D eigenvalue weighted by molar-refractivity contribution is -0.123. The fourth-order valence-electron chi connectivity index (χ4n) is 2.67. The zero-order valence-electron chi connectivity index (χ0n) is 10.7. The van der Waals surface area contributed by atoms with Crippen LogP contribution in [0.4, 0.5) is 0 Å². The number of hydrogen-bond acceptors (Lipinski definition) is 3.